The number of carbonyl (C=O) groups excluding carboxylic acids is 3. The number of anilines is 1. The van der Waals surface area contributed by atoms with Gasteiger partial charge in [-0.2, -0.15) is 0 Å². The van der Waals surface area contributed by atoms with Gasteiger partial charge in [-0.15, -0.1) is 0 Å². The average Bonchev–Trinajstić information content (AvgIpc) is 3.00. The molecule has 0 aromatic heterocycles. The van der Waals surface area contributed by atoms with Crippen LogP contribution in [0.5, 0.6) is 0 Å². The molecule has 0 radical (unpaired) electrons. The summed E-state index contributed by atoms with van der Waals surface area (Å²) in [6, 6.07) is 15.1. The van der Waals surface area contributed by atoms with E-state index < -0.39 is 17.2 Å². The van der Waals surface area contributed by atoms with Crippen LogP contribution in [0.3, 0.4) is 0 Å². The highest BCUT2D eigenvalue weighted by molar-refractivity contribution is 6.28. The van der Waals surface area contributed by atoms with Gasteiger partial charge >= 0.3 is 0 Å². The number of amides is 3. The van der Waals surface area contributed by atoms with Crippen LogP contribution in [0.1, 0.15) is 23.1 Å². The van der Waals surface area contributed by atoms with Crippen molar-refractivity contribution in [1.29, 1.82) is 0 Å². The molecule has 0 aliphatic carbocycles. The Morgan fingerprint density at radius 1 is 1.04 bits per heavy atom. The molecule has 2 aliphatic rings. The number of nitrogens with zero attached hydrogens (tertiary/aromatic N) is 1. The predicted molar refractivity (Wildman–Crippen MR) is 88.3 cm³/mol. The molecule has 1 unspecified atom stereocenters. The molecule has 3 amide bonds. The zero-order valence-electron chi connectivity index (χ0n) is 13.2. The van der Waals surface area contributed by atoms with Gasteiger partial charge in [0.05, 0.1) is 13.0 Å². The summed E-state index contributed by atoms with van der Waals surface area (Å²) in [4.78, 5) is 39.0. The van der Waals surface area contributed by atoms with Gasteiger partial charge in [0, 0.05) is 11.3 Å². The summed E-state index contributed by atoms with van der Waals surface area (Å²) < 4.78 is 0. The summed E-state index contributed by atoms with van der Waals surface area (Å²) in [6.07, 6.45) is -0.119. The fourth-order valence-corrected chi connectivity index (χ4v) is 3.55. The molecule has 1 fully saturated rings. The molecule has 1 saturated heterocycles. The molecule has 1 atom stereocenters. The minimum Gasteiger partial charge on any atom is -0.306 e. The molecule has 2 aromatic rings. The number of para-hydroxylation sites is 1. The van der Waals surface area contributed by atoms with Gasteiger partial charge < -0.3 is 4.90 Å². The van der Waals surface area contributed by atoms with Crippen LogP contribution in [0, 0.1) is 6.92 Å². The van der Waals surface area contributed by atoms with Crippen molar-refractivity contribution in [3.63, 3.8) is 0 Å². The molecular formula is C19H16N2O3. The van der Waals surface area contributed by atoms with Crippen molar-refractivity contribution in [3.05, 3.63) is 65.2 Å². The predicted octanol–water partition coefficient (Wildman–Crippen LogP) is 1.83. The van der Waals surface area contributed by atoms with E-state index in [4.69, 9.17) is 0 Å². The summed E-state index contributed by atoms with van der Waals surface area (Å²) in [5.41, 5.74) is 2.03. The molecule has 1 spiro atoms. The minimum atomic E-state index is -1.40. The Morgan fingerprint density at radius 3 is 2.42 bits per heavy atom. The van der Waals surface area contributed by atoms with Crippen molar-refractivity contribution in [2.45, 2.75) is 25.3 Å². The highest BCUT2D eigenvalue weighted by atomic mass is 16.2. The number of carbonyl (C=O) groups is 3. The lowest BCUT2D eigenvalue weighted by atomic mass is 9.80. The van der Waals surface area contributed by atoms with E-state index in [9.17, 15) is 14.4 Å². The largest absolute Gasteiger partial charge is 0.306 e. The van der Waals surface area contributed by atoms with Crippen molar-refractivity contribution in [1.82, 2.24) is 5.32 Å². The van der Waals surface area contributed by atoms with Crippen molar-refractivity contribution in [2.75, 3.05) is 4.90 Å². The molecule has 2 aromatic carbocycles. The summed E-state index contributed by atoms with van der Waals surface area (Å²) >= 11 is 0. The second kappa shape index (κ2) is 5.03. The number of aryl methyl sites for hydroxylation is 1. The Kier molecular flexibility index (Phi) is 3.06. The number of hydrogen-bond donors (Lipinski definition) is 1. The van der Waals surface area contributed by atoms with Crippen molar-refractivity contribution in [2.24, 2.45) is 0 Å². The van der Waals surface area contributed by atoms with Gasteiger partial charge in [-0.1, -0.05) is 48.0 Å². The Labute approximate surface area is 139 Å². The lowest BCUT2D eigenvalue weighted by molar-refractivity contribution is -0.133. The maximum Gasteiger partial charge on any atom is 0.248 e. The molecule has 1 N–H and O–H groups in total. The Morgan fingerprint density at radius 2 is 1.75 bits per heavy atom. The van der Waals surface area contributed by atoms with Crippen LogP contribution in [0.4, 0.5) is 5.69 Å². The maximum atomic E-state index is 13.1. The fraction of sp³-hybridized carbons (Fsp3) is 0.211. The first kappa shape index (κ1) is 14.6. The van der Waals surface area contributed by atoms with Gasteiger partial charge in [-0.25, -0.2) is 0 Å². The Bertz CT molecular complexity index is 872. The van der Waals surface area contributed by atoms with Gasteiger partial charge in [0.2, 0.25) is 17.7 Å². The SMILES string of the molecule is Cc1ccc(CN2C(=O)C3(CC(=O)NC3=O)c3ccccc32)cc1. The standard InChI is InChI=1S/C19H16N2O3/c1-12-6-8-13(9-7-12)11-21-15-5-3-2-4-14(15)19(18(21)24)10-16(22)20-17(19)23/h2-9H,10-11H2,1H3,(H,20,22,23). The third-order valence-corrected chi connectivity index (χ3v) is 4.79. The zero-order valence-corrected chi connectivity index (χ0v) is 13.2. The van der Waals surface area contributed by atoms with Gasteiger partial charge in [0.15, 0.2) is 5.41 Å². The number of fused-ring (bicyclic) bond motifs is 2. The maximum absolute atomic E-state index is 13.1. The van der Waals surface area contributed by atoms with Crippen LogP contribution in [0.2, 0.25) is 0 Å². The summed E-state index contributed by atoms with van der Waals surface area (Å²) in [5, 5.41) is 2.29. The highest BCUT2D eigenvalue weighted by Crippen LogP contribution is 2.46. The molecule has 24 heavy (non-hydrogen) atoms. The smallest absolute Gasteiger partial charge is 0.248 e. The third kappa shape index (κ3) is 1.91. The average molecular weight is 320 g/mol. The van der Waals surface area contributed by atoms with Crippen molar-refractivity contribution >= 4 is 23.4 Å². The van der Waals surface area contributed by atoms with Gasteiger partial charge in [0.1, 0.15) is 0 Å². The van der Waals surface area contributed by atoms with Crippen LogP contribution in [-0.2, 0) is 26.3 Å². The lowest BCUT2D eigenvalue weighted by Gasteiger charge is -2.21. The molecule has 5 nitrogen and oxygen atoms in total. The van der Waals surface area contributed by atoms with E-state index in [1.807, 2.05) is 43.3 Å². The number of benzene rings is 2. The molecule has 120 valence electrons. The highest BCUT2D eigenvalue weighted by Gasteiger charge is 2.60. The van der Waals surface area contributed by atoms with Gasteiger partial charge in [-0.3, -0.25) is 19.7 Å². The minimum absolute atomic E-state index is 0.119. The van der Waals surface area contributed by atoms with Gasteiger partial charge in [0.25, 0.3) is 0 Å². The molecule has 0 bridgehead atoms. The van der Waals surface area contributed by atoms with Crippen LogP contribution >= 0.6 is 0 Å². The van der Waals surface area contributed by atoms with E-state index in [0.29, 0.717) is 17.8 Å². The van der Waals surface area contributed by atoms with E-state index in [1.54, 1.807) is 17.0 Å². The molecule has 4 rings (SSSR count). The molecular weight excluding hydrogens is 304 g/mol. The Balaban J connectivity index is 1.80. The van der Waals surface area contributed by atoms with Crippen molar-refractivity contribution in [3.8, 4) is 0 Å². The molecule has 2 aliphatic heterocycles. The third-order valence-electron chi connectivity index (χ3n) is 4.79. The van der Waals surface area contributed by atoms with Crippen LogP contribution in [0.15, 0.2) is 48.5 Å². The number of hydrogen-bond acceptors (Lipinski definition) is 3. The summed E-state index contributed by atoms with van der Waals surface area (Å²) in [6.45, 7) is 2.38. The molecule has 5 heteroatoms. The first-order chi connectivity index (χ1) is 11.5. The van der Waals surface area contributed by atoms with E-state index in [1.165, 1.54) is 0 Å². The van der Waals surface area contributed by atoms with Crippen molar-refractivity contribution < 1.29 is 14.4 Å². The fourth-order valence-electron chi connectivity index (χ4n) is 3.55. The summed E-state index contributed by atoms with van der Waals surface area (Å²) in [5.74, 6) is -1.25. The number of imide groups is 1. The first-order valence-corrected chi connectivity index (χ1v) is 7.84. The number of nitrogens with one attached hydrogen (secondary N) is 1. The summed E-state index contributed by atoms with van der Waals surface area (Å²) in [7, 11) is 0. The van der Waals surface area contributed by atoms with Crippen LogP contribution < -0.4 is 10.2 Å². The first-order valence-electron chi connectivity index (χ1n) is 7.84. The normalized spacial score (nSPS) is 22.2. The van der Waals surface area contributed by atoms with Gasteiger partial charge in [-0.05, 0) is 18.6 Å². The second-order valence-corrected chi connectivity index (χ2v) is 6.35. The topological polar surface area (TPSA) is 66.5 Å². The lowest BCUT2D eigenvalue weighted by Crippen LogP contribution is -2.45. The number of rotatable bonds is 2. The van der Waals surface area contributed by atoms with Crippen LogP contribution in [0.25, 0.3) is 0 Å². The second-order valence-electron chi connectivity index (χ2n) is 6.35. The van der Waals surface area contributed by atoms with E-state index >= 15 is 0 Å². The van der Waals surface area contributed by atoms with E-state index in [-0.39, 0.29) is 12.3 Å². The zero-order chi connectivity index (χ0) is 16.9. The monoisotopic (exact) mass is 320 g/mol. The molecule has 0 saturated carbocycles. The van der Waals surface area contributed by atoms with Crippen LogP contribution in [-0.4, -0.2) is 17.7 Å². The quantitative estimate of drug-likeness (QED) is 0.678. The van der Waals surface area contributed by atoms with E-state index in [2.05, 4.69) is 5.32 Å². The van der Waals surface area contributed by atoms with E-state index in [0.717, 1.165) is 11.1 Å². The molecule has 2 heterocycles. The Hall–Kier alpha value is -2.95.